The van der Waals surface area contributed by atoms with E-state index in [1.165, 1.54) is 27.9 Å². The fourth-order valence-electron chi connectivity index (χ4n) is 4.53. The van der Waals surface area contributed by atoms with Gasteiger partial charge in [-0.2, -0.15) is 0 Å². The zero-order chi connectivity index (χ0) is 25.2. The van der Waals surface area contributed by atoms with Gasteiger partial charge in [-0.3, -0.25) is 0 Å². The highest BCUT2D eigenvalue weighted by molar-refractivity contribution is 6.30. The third-order valence-corrected chi connectivity index (χ3v) is 7.08. The maximum absolute atomic E-state index is 6.13. The molecule has 0 saturated heterocycles. The number of ether oxygens (including phenoxy) is 1. The number of hydrogen-bond donors (Lipinski definition) is 2. The molecule has 36 heavy (non-hydrogen) atoms. The molecule has 4 nitrogen and oxygen atoms in total. The van der Waals surface area contributed by atoms with Crippen LogP contribution in [0.15, 0.2) is 83.3 Å². The van der Waals surface area contributed by atoms with Gasteiger partial charge in [0.05, 0.1) is 18.5 Å². The number of nitrogens with one attached hydrogen (secondary N) is 2. The average molecular weight is 516 g/mol. The van der Waals surface area contributed by atoms with E-state index in [0.29, 0.717) is 0 Å². The lowest BCUT2D eigenvalue weighted by Crippen LogP contribution is -1.96. The summed E-state index contributed by atoms with van der Waals surface area (Å²) < 4.78 is 5.70. The van der Waals surface area contributed by atoms with Crippen molar-refractivity contribution in [2.45, 2.75) is 26.7 Å². The van der Waals surface area contributed by atoms with Crippen LogP contribution in [0, 0.1) is 13.8 Å². The zero-order valence-electron chi connectivity index (χ0n) is 20.5. The Hall–Kier alpha value is -3.47. The number of halogens is 2. The van der Waals surface area contributed by atoms with Gasteiger partial charge in [-0.1, -0.05) is 47.5 Å². The molecule has 6 heteroatoms. The first-order chi connectivity index (χ1) is 17.4. The molecule has 0 saturated carbocycles. The van der Waals surface area contributed by atoms with E-state index in [-0.39, 0.29) is 0 Å². The largest absolute Gasteiger partial charge is 0.494 e. The van der Waals surface area contributed by atoms with Gasteiger partial charge in [0.25, 0.3) is 0 Å². The molecule has 0 spiro atoms. The second kappa shape index (κ2) is 10.3. The monoisotopic (exact) mass is 515 g/mol. The van der Waals surface area contributed by atoms with Crippen molar-refractivity contribution >= 4 is 35.0 Å². The summed E-state index contributed by atoms with van der Waals surface area (Å²) in [6.07, 6.45) is 7.55. The van der Waals surface area contributed by atoms with E-state index in [2.05, 4.69) is 54.2 Å². The van der Waals surface area contributed by atoms with Crippen molar-refractivity contribution in [3.8, 4) is 0 Å². The Balaban J connectivity index is 1.56. The molecule has 0 unspecified atom stereocenters. The van der Waals surface area contributed by atoms with Gasteiger partial charge < -0.3 is 14.7 Å². The van der Waals surface area contributed by atoms with E-state index >= 15 is 0 Å². The number of aromatic amines is 2. The Morgan fingerprint density at radius 3 is 2.11 bits per heavy atom. The van der Waals surface area contributed by atoms with E-state index in [0.717, 1.165) is 57.0 Å². The Bertz CT molecular complexity index is 1490. The van der Waals surface area contributed by atoms with Gasteiger partial charge >= 0.3 is 0 Å². The topological polar surface area (TPSA) is 53.2 Å². The molecular weight excluding hydrogens is 489 g/mol. The maximum atomic E-state index is 6.13. The molecule has 2 aromatic carbocycles. The second-order valence-electron chi connectivity index (χ2n) is 9.00. The highest BCUT2D eigenvalue weighted by Crippen LogP contribution is 2.30. The predicted molar refractivity (Wildman–Crippen MR) is 149 cm³/mol. The molecule has 0 radical (unpaired) electrons. The van der Waals surface area contributed by atoms with E-state index in [1.807, 2.05) is 42.6 Å². The minimum atomic E-state index is 0.734. The van der Waals surface area contributed by atoms with Gasteiger partial charge in [0.1, 0.15) is 11.5 Å². The van der Waals surface area contributed by atoms with Crippen molar-refractivity contribution in [3.63, 3.8) is 0 Å². The second-order valence-corrected chi connectivity index (χ2v) is 9.88. The predicted octanol–water partition coefficient (Wildman–Crippen LogP) is 7.82. The molecule has 2 N–H and O–H groups in total. The third-order valence-electron chi connectivity index (χ3n) is 6.58. The van der Waals surface area contributed by atoms with Crippen LogP contribution in [0.3, 0.4) is 0 Å². The first-order valence-electron chi connectivity index (χ1n) is 11.8. The number of aryl methyl sites for hydroxylation is 1. The van der Waals surface area contributed by atoms with Crippen LogP contribution in [0.1, 0.15) is 44.9 Å². The van der Waals surface area contributed by atoms with Crippen LogP contribution >= 0.6 is 23.2 Å². The molecule has 5 rings (SSSR count). The fraction of sp³-hybridized carbons (Fsp3) is 0.167. The quantitative estimate of drug-likeness (QED) is 0.259. The van der Waals surface area contributed by atoms with Gasteiger partial charge in [0.2, 0.25) is 0 Å². The smallest absolute Gasteiger partial charge is 0.146 e. The fourth-order valence-corrected chi connectivity index (χ4v) is 4.78. The molecule has 0 amide bonds. The highest BCUT2D eigenvalue weighted by Gasteiger charge is 2.21. The maximum Gasteiger partial charge on any atom is 0.146 e. The van der Waals surface area contributed by atoms with Gasteiger partial charge in [0.15, 0.2) is 0 Å². The molecule has 3 heterocycles. The minimum Gasteiger partial charge on any atom is -0.494 e. The summed E-state index contributed by atoms with van der Waals surface area (Å²) in [6, 6.07) is 18.1. The molecule has 0 bridgehead atoms. The summed E-state index contributed by atoms with van der Waals surface area (Å²) in [5.41, 5.74) is 10.8. The Kier molecular flexibility index (Phi) is 6.90. The van der Waals surface area contributed by atoms with Gasteiger partial charge in [-0.25, -0.2) is 4.99 Å². The van der Waals surface area contributed by atoms with Crippen molar-refractivity contribution in [1.29, 1.82) is 0 Å². The lowest BCUT2D eigenvalue weighted by molar-refractivity contribution is 0.303. The Morgan fingerprint density at radius 1 is 0.889 bits per heavy atom. The number of hydrogen-bond acceptors (Lipinski definition) is 2. The van der Waals surface area contributed by atoms with Crippen LogP contribution in [0.25, 0.3) is 6.08 Å². The molecule has 0 aliphatic carbocycles. The third kappa shape index (κ3) is 5.06. The van der Waals surface area contributed by atoms with Crippen molar-refractivity contribution in [3.05, 3.63) is 133 Å². The van der Waals surface area contributed by atoms with E-state index < -0.39 is 0 Å². The number of benzene rings is 2. The number of methoxy groups -OCH3 is 1. The summed E-state index contributed by atoms with van der Waals surface area (Å²) in [6.45, 7) is 4.24. The zero-order valence-corrected chi connectivity index (χ0v) is 22.0. The van der Waals surface area contributed by atoms with Crippen LogP contribution < -0.4 is 0 Å². The Morgan fingerprint density at radius 2 is 1.53 bits per heavy atom. The summed E-state index contributed by atoms with van der Waals surface area (Å²) in [5, 5.41) is 1.47. The number of allylic oxidation sites excluding steroid dienone is 1. The lowest BCUT2D eigenvalue weighted by Gasteiger charge is -2.06. The number of rotatable bonds is 7. The lowest BCUT2D eigenvalue weighted by atomic mass is 9.99. The Labute approximate surface area is 221 Å². The highest BCUT2D eigenvalue weighted by atomic mass is 35.5. The molecule has 1 aliphatic rings. The van der Waals surface area contributed by atoms with Crippen molar-refractivity contribution in [1.82, 2.24) is 9.97 Å². The molecule has 0 fully saturated rings. The number of H-pyrrole nitrogens is 2. The van der Waals surface area contributed by atoms with E-state index in [4.69, 9.17) is 32.9 Å². The first kappa shape index (κ1) is 24.2. The standard InChI is InChI=1S/C30H27Cl2N3O/c1-18-12-13-33-30(18)28-17-29(36-3)27(35-28)16-26-24(14-20-4-8-22(31)9-5-20)19(2)25(34-26)15-21-6-10-23(32)11-7-21/h4-13,16-17,33-34H,14-15H2,1-3H3. The van der Waals surface area contributed by atoms with E-state index in [9.17, 15) is 0 Å². The molecule has 0 atom stereocenters. The summed E-state index contributed by atoms with van der Waals surface area (Å²) in [5.74, 6) is 0.739. The number of nitrogens with zero attached hydrogens (tertiary/aromatic N) is 1. The molecule has 2 aromatic heterocycles. The normalized spacial score (nSPS) is 14.3. The van der Waals surface area contributed by atoms with Crippen molar-refractivity contribution in [2.75, 3.05) is 7.11 Å². The van der Waals surface area contributed by atoms with Crippen LogP contribution in [-0.2, 0) is 17.6 Å². The van der Waals surface area contributed by atoms with Crippen LogP contribution in [0.4, 0.5) is 0 Å². The van der Waals surface area contributed by atoms with Crippen LogP contribution in [0.2, 0.25) is 10.0 Å². The first-order valence-corrected chi connectivity index (χ1v) is 12.6. The summed E-state index contributed by atoms with van der Waals surface area (Å²) in [7, 11) is 1.68. The molecule has 182 valence electrons. The van der Waals surface area contributed by atoms with Gasteiger partial charge in [-0.05, 0) is 84.5 Å². The van der Waals surface area contributed by atoms with Crippen molar-refractivity contribution in [2.24, 2.45) is 4.99 Å². The van der Waals surface area contributed by atoms with Crippen LogP contribution in [-0.4, -0.2) is 22.8 Å². The number of aliphatic imine (C=N–C) groups is 1. The van der Waals surface area contributed by atoms with Crippen LogP contribution in [0.5, 0.6) is 0 Å². The van der Waals surface area contributed by atoms with Gasteiger partial charge in [-0.15, -0.1) is 0 Å². The minimum absolute atomic E-state index is 0.734. The SMILES string of the molecule is COC1=CC(c2[nH]ccc2C)=NC1=Cc1[nH]c(Cc2ccc(Cl)cc2)c(C)c1Cc1ccc(Cl)cc1. The van der Waals surface area contributed by atoms with E-state index in [1.54, 1.807) is 7.11 Å². The summed E-state index contributed by atoms with van der Waals surface area (Å²) in [4.78, 5) is 11.9. The molecule has 4 aromatic rings. The molecule has 1 aliphatic heterocycles. The molecular formula is C30H27Cl2N3O. The number of aromatic nitrogens is 2. The average Bonchev–Trinajstić information content (AvgIpc) is 3.55. The van der Waals surface area contributed by atoms with Crippen molar-refractivity contribution < 1.29 is 4.74 Å². The van der Waals surface area contributed by atoms with Gasteiger partial charge in [0, 0.05) is 40.1 Å². The summed E-state index contributed by atoms with van der Waals surface area (Å²) >= 11 is 12.2.